The Hall–Kier alpha value is -2.68. The zero-order chi connectivity index (χ0) is 16.2. The van der Waals surface area contributed by atoms with Crippen molar-refractivity contribution in [2.45, 2.75) is 6.42 Å². The molecule has 1 aromatic heterocycles. The average Bonchev–Trinajstić information content (AvgIpc) is 3.38. The lowest BCUT2D eigenvalue weighted by molar-refractivity contribution is 0.0701. The number of benzene rings is 1. The molecule has 5 nitrogen and oxygen atoms in total. The quantitative estimate of drug-likeness (QED) is 0.459. The summed E-state index contributed by atoms with van der Waals surface area (Å²) in [5.74, 6) is 6.30. The van der Waals surface area contributed by atoms with E-state index in [0.717, 1.165) is 23.1 Å². The molecule has 1 aliphatic rings. The highest BCUT2D eigenvalue weighted by molar-refractivity contribution is 5.92. The van der Waals surface area contributed by atoms with Crippen LogP contribution in [-0.2, 0) is 0 Å². The third-order valence-electron chi connectivity index (χ3n) is 3.87. The van der Waals surface area contributed by atoms with E-state index in [2.05, 4.69) is 16.8 Å². The van der Waals surface area contributed by atoms with Gasteiger partial charge in [-0.05, 0) is 47.7 Å². The zero-order valence-electron chi connectivity index (χ0n) is 12.4. The molecule has 3 N–H and O–H groups in total. The van der Waals surface area contributed by atoms with Crippen LogP contribution in [0.25, 0.3) is 11.1 Å². The number of hydrogen-bond acceptors (Lipinski definition) is 4. The van der Waals surface area contributed by atoms with Crippen molar-refractivity contribution in [1.82, 2.24) is 10.5 Å². The van der Waals surface area contributed by atoms with Crippen molar-refractivity contribution in [2.75, 3.05) is 6.61 Å². The lowest BCUT2D eigenvalue weighted by atomic mass is 10.0. The van der Waals surface area contributed by atoms with Gasteiger partial charge in [0.1, 0.15) is 5.69 Å². The SMILES string of the molecule is O=C(NO)c1cc(-c2ccc(C#C[C@@H]3C[C@H]3CO)cc2)ccn1. The molecule has 1 fully saturated rings. The van der Waals surface area contributed by atoms with Gasteiger partial charge in [-0.3, -0.25) is 15.0 Å². The van der Waals surface area contributed by atoms with Gasteiger partial charge in [0, 0.05) is 24.3 Å². The van der Waals surface area contributed by atoms with Crippen LogP contribution in [0.15, 0.2) is 42.6 Å². The number of amides is 1. The van der Waals surface area contributed by atoms with Crippen LogP contribution in [0.4, 0.5) is 0 Å². The van der Waals surface area contributed by atoms with Crippen LogP contribution in [0.5, 0.6) is 0 Å². The van der Waals surface area contributed by atoms with Crippen molar-refractivity contribution >= 4 is 5.91 Å². The first-order valence-electron chi connectivity index (χ1n) is 7.34. The molecule has 5 heteroatoms. The van der Waals surface area contributed by atoms with E-state index in [0.29, 0.717) is 11.8 Å². The molecule has 0 unspecified atom stereocenters. The second-order valence-corrected chi connectivity index (χ2v) is 5.50. The number of aliphatic hydroxyl groups excluding tert-OH is 1. The van der Waals surface area contributed by atoms with E-state index in [1.165, 1.54) is 6.20 Å². The van der Waals surface area contributed by atoms with Crippen molar-refractivity contribution in [3.05, 3.63) is 53.9 Å². The smallest absolute Gasteiger partial charge is 0.293 e. The molecular weight excluding hydrogens is 292 g/mol. The first-order valence-corrected chi connectivity index (χ1v) is 7.34. The zero-order valence-corrected chi connectivity index (χ0v) is 12.4. The Morgan fingerprint density at radius 1 is 1.26 bits per heavy atom. The molecule has 1 aliphatic carbocycles. The van der Waals surface area contributed by atoms with Gasteiger partial charge < -0.3 is 5.11 Å². The van der Waals surface area contributed by atoms with Crippen LogP contribution in [0.2, 0.25) is 0 Å². The number of aromatic nitrogens is 1. The molecule has 1 aromatic carbocycles. The summed E-state index contributed by atoms with van der Waals surface area (Å²) in [4.78, 5) is 15.3. The Morgan fingerprint density at radius 3 is 2.70 bits per heavy atom. The summed E-state index contributed by atoms with van der Waals surface area (Å²) in [6.07, 6.45) is 2.50. The Labute approximate surface area is 134 Å². The molecule has 2 aromatic rings. The lowest BCUT2D eigenvalue weighted by Gasteiger charge is -2.04. The highest BCUT2D eigenvalue weighted by Crippen LogP contribution is 2.37. The molecule has 1 heterocycles. The normalized spacial score (nSPS) is 18.7. The predicted molar refractivity (Wildman–Crippen MR) is 84.5 cm³/mol. The number of carbonyl (C=O) groups excluding carboxylic acids is 1. The molecule has 1 amide bonds. The summed E-state index contributed by atoms with van der Waals surface area (Å²) in [6.45, 7) is 0.212. The molecule has 0 bridgehead atoms. The highest BCUT2D eigenvalue weighted by Gasteiger charge is 2.34. The van der Waals surface area contributed by atoms with E-state index in [4.69, 9.17) is 10.3 Å². The Morgan fingerprint density at radius 2 is 2.04 bits per heavy atom. The van der Waals surface area contributed by atoms with Gasteiger partial charge in [0.25, 0.3) is 5.91 Å². The number of pyridine rings is 1. The van der Waals surface area contributed by atoms with Crippen molar-refractivity contribution < 1.29 is 15.1 Å². The number of hydroxylamine groups is 1. The molecular formula is C18H16N2O3. The van der Waals surface area contributed by atoms with Gasteiger partial charge in [-0.2, -0.15) is 0 Å². The minimum absolute atomic E-state index is 0.151. The first kappa shape index (κ1) is 15.2. The van der Waals surface area contributed by atoms with Gasteiger partial charge in [0.05, 0.1) is 0 Å². The second kappa shape index (κ2) is 6.61. The van der Waals surface area contributed by atoms with Gasteiger partial charge in [0.15, 0.2) is 0 Å². The number of aliphatic hydroxyl groups is 1. The Balaban J connectivity index is 1.76. The van der Waals surface area contributed by atoms with Gasteiger partial charge in [-0.15, -0.1) is 0 Å². The van der Waals surface area contributed by atoms with Gasteiger partial charge >= 0.3 is 0 Å². The standard InChI is InChI=1S/C18H16N2O3/c21-11-16-9-14(16)6-3-12-1-4-13(5-2-12)15-7-8-19-17(10-15)18(22)20-23/h1-2,4-5,7-8,10,14,16,21,23H,9,11H2,(H,20,22)/t14-,16+/m1/s1. The van der Waals surface area contributed by atoms with Crippen molar-refractivity contribution in [3.8, 4) is 23.0 Å². The van der Waals surface area contributed by atoms with E-state index in [1.54, 1.807) is 17.6 Å². The average molecular weight is 308 g/mol. The molecule has 0 radical (unpaired) electrons. The molecule has 0 saturated heterocycles. The van der Waals surface area contributed by atoms with Crippen LogP contribution in [0, 0.1) is 23.7 Å². The van der Waals surface area contributed by atoms with Gasteiger partial charge in [-0.25, -0.2) is 5.48 Å². The highest BCUT2D eigenvalue weighted by atomic mass is 16.5. The van der Waals surface area contributed by atoms with Gasteiger partial charge in [0.2, 0.25) is 0 Å². The van der Waals surface area contributed by atoms with Crippen LogP contribution >= 0.6 is 0 Å². The van der Waals surface area contributed by atoms with E-state index in [1.807, 2.05) is 24.3 Å². The van der Waals surface area contributed by atoms with Gasteiger partial charge in [-0.1, -0.05) is 24.0 Å². The first-order chi connectivity index (χ1) is 11.2. The Kier molecular flexibility index (Phi) is 4.38. The fraction of sp³-hybridized carbons (Fsp3) is 0.222. The van der Waals surface area contributed by atoms with Crippen LogP contribution in [0.1, 0.15) is 22.5 Å². The molecule has 0 aliphatic heterocycles. The Bertz CT molecular complexity index is 775. The lowest BCUT2D eigenvalue weighted by Crippen LogP contribution is -2.19. The van der Waals surface area contributed by atoms with Crippen LogP contribution < -0.4 is 5.48 Å². The maximum atomic E-state index is 11.4. The maximum Gasteiger partial charge on any atom is 0.293 e. The molecule has 3 rings (SSSR count). The molecule has 0 spiro atoms. The van der Waals surface area contributed by atoms with Crippen LogP contribution in [0.3, 0.4) is 0 Å². The summed E-state index contributed by atoms with van der Waals surface area (Å²) < 4.78 is 0. The molecule has 2 atom stereocenters. The summed E-state index contributed by atoms with van der Waals surface area (Å²) in [5, 5.41) is 17.7. The third-order valence-corrected chi connectivity index (χ3v) is 3.87. The van der Waals surface area contributed by atoms with E-state index in [9.17, 15) is 4.79 Å². The fourth-order valence-electron chi connectivity index (χ4n) is 2.34. The fourth-order valence-corrected chi connectivity index (χ4v) is 2.34. The predicted octanol–water partition coefficient (Wildman–Crippen LogP) is 1.85. The van der Waals surface area contributed by atoms with Crippen molar-refractivity contribution in [3.63, 3.8) is 0 Å². The number of hydrogen-bond donors (Lipinski definition) is 3. The number of carbonyl (C=O) groups is 1. The largest absolute Gasteiger partial charge is 0.396 e. The van der Waals surface area contributed by atoms with Crippen molar-refractivity contribution in [2.24, 2.45) is 11.8 Å². The summed E-state index contributed by atoms with van der Waals surface area (Å²) in [7, 11) is 0. The van der Waals surface area contributed by atoms with E-state index in [-0.39, 0.29) is 12.3 Å². The number of nitrogens with zero attached hydrogens (tertiary/aromatic N) is 1. The molecule has 23 heavy (non-hydrogen) atoms. The van der Waals surface area contributed by atoms with Crippen molar-refractivity contribution in [1.29, 1.82) is 0 Å². The molecule has 1 saturated carbocycles. The summed E-state index contributed by atoms with van der Waals surface area (Å²) in [6, 6.07) is 11.1. The third kappa shape index (κ3) is 3.57. The van der Waals surface area contributed by atoms with E-state index >= 15 is 0 Å². The molecule has 116 valence electrons. The van der Waals surface area contributed by atoms with Crippen LogP contribution in [-0.4, -0.2) is 27.8 Å². The minimum Gasteiger partial charge on any atom is -0.396 e. The number of rotatable bonds is 3. The summed E-state index contributed by atoms with van der Waals surface area (Å²) >= 11 is 0. The van der Waals surface area contributed by atoms with E-state index < -0.39 is 5.91 Å². The summed E-state index contributed by atoms with van der Waals surface area (Å²) in [5.41, 5.74) is 4.41. The minimum atomic E-state index is -0.641. The second-order valence-electron chi connectivity index (χ2n) is 5.50. The monoisotopic (exact) mass is 308 g/mol. The topological polar surface area (TPSA) is 82.5 Å². The maximum absolute atomic E-state index is 11.4. The number of nitrogens with one attached hydrogen (secondary N) is 1.